The smallest absolute Gasteiger partial charge is 0.165 e. The van der Waals surface area contributed by atoms with Crippen LogP contribution < -0.4 is 9.47 Å². The van der Waals surface area contributed by atoms with Crippen molar-refractivity contribution in [3.8, 4) is 11.5 Å². The van der Waals surface area contributed by atoms with Gasteiger partial charge in [-0.15, -0.1) is 0 Å². The van der Waals surface area contributed by atoms with Crippen molar-refractivity contribution in [2.24, 2.45) is 0 Å². The molecule has 0 heterocycles. The third kappa shape index (κ3) is 3.27. The molecule has 0 spiro atoms. The molecule has 0 saturated carbocycles. The Bertz CT molecular complexity index is 584. The molecule has 106 valence electrons. The standard InChI is InChI=1S/C16H17FO3/c1-11-7-8-15(19-2)12(9-11)14(18)10-20-16-6-4-3-5-13(16)17/h3-9,14,18H,10H2,1-2H3. The van der Waals surface area contributed by atoms with Gasteiger partial charge in [0.05, 0.1) is 7.11 Å². The van der Waals surface area contributed by atoms with E-state index in [2.05, 4.69) is 0 Å². The molecule has 0 fully saturated rings. The lowest BCUT2D eigenvalue weighted by Crippen LogP contribution is -2.11. The first kappa shape index (κ1) is 14.3. The number of methoxy groups -OCH3 is 1. The van der Waals surface area contributed by atoms with Gasteiger partial charge >= 0.3 is 0 Å². The molecule has 0 saturated heterocycles. The van der Waals surface area contributed by atoms with Crippen LogP contribution >= 0.6 is 0 Å². The van der Waals surface area contributed by atoms with Crippen molar-refractivity contribution in [3.63, 3.8) is 0 Å². The van der Waals surface area contributed by atoms with E-state index in [1.807, 2.05) is 19.1 Å². The zero-order valence-corrected chi connectivity index (χ0v) is 11.5. The van der Waals surface area contributed by atoms with Gasteiger partial charge in [-0.2, -0.15) is 0 Å². The number of benzene rings is 2. The van der Waals surface area contributed by atoms with Gasteiger partial charge in [0.15, 0.2) is 11.6 Å². The summed E-state index contributed by atoms with van der Waals surface area (Å²) >= 11 is 0. The fourth-order valence-electron chi connectivity index (χ4n) is 1.93. The summed E-state index contributed by atoms with van der Waals surface area (Å²) in [6, 6.07) is 11.6. The van der Waals surface area contributed by atoms with Crippen LogP contribution in [0.5, 0.6) is 11.5 Å². The lowest BCUT2D eigenvalue weighted by atomic mass is 10.1. The van der Waals surface area contributed by atoms with Crippen LogP contribution in [0.25, 0.3) is 0 Å². The minimum atomic E-state index is -0.885. The average molecular weight is 276 g/mol. The van der Waals surface area contributed by atoms with E-state index in [9.17, 15) is 9.50 Å². The summed E-state index contributed by atoms with van der Waals surface area (Å²) in [5.41, 5.74) is 1.63. The van der Waals surface area contributed by atoms with Gasteiger partial charge in [-0.05, 0) is 31.2 Å². The Labute approximate surface area is 117 Å². The van der Waals surface area contributed by atoms with E-state index in [4.69, 9.17) is 9.47 Å². The summed E-state index contributed by atoms with van der Waals surface area (Å²) in [5, 5.41) is 10.2. The van der Waals surface area contributed by atoms with E-state index < -0.39 is 11.9 Å². The van der Waals surface area contributed by atoms with Crippen molar-refractivity contribution < 1.29 is 19.0 Å². The van der Waals surface area contributed by atoms with Crippen molar-refractivity contribution >= 4 is 0 Å². The van der Waals surface area contributed by atoms with Crippen LogP contribution in [0.2, 0.25) is 0 Å². The molecule has 0 radical (unpaired) electrons. The fraction of sp³-hybridized carbons (Fsp3) is 0.250. The molecule has 1 atom stereocenters. The van der Waals surface area contributed by atoms with Crippen LogP contribution in [0.15, 0.2) is 42.5 Å². The molecule has 1 N–H and O–H groups in total. The zero-order chi connectivity index (χ0) is 14.5. The molecule has 0 aliphatic heterocycles. The molecule has 4 heteroatoms. The van der Waals surface area contributed by atoms with E-state index >= 15 is 0 Å². The van der Waals surface area contributed by atoms with Crippen molar-refractivity contribution in [3.05, 3.63) is 59.4 Å². The molecular formula is C16H17FO3. The van der Waals surface area contributed by atoms with E-state index in [1.165, 1.54) is 12.1 Å². The Morgan fingerprint density at radius 3 is 2.60 bits per heavy atom. The first-order chi connectivity index (χ1) is 9.61. The molecule has 0 aliphatic rings. The van der Waals surface area contributed by atoms with Crippen LogP contribution in [-0.2, 0) is 0 Å². The number of rotatable bonds is 5. The minimum absolute atomic E-state index is 0.0409. The Balaban J connectivity index is 2.11. The number of aliphatic hydroxyl groups is 1. The lowest BCUT2D eigenvalue weighted by molar-refractivity contribution is 0.103. The third-order valence-electron chi connectivity index (χ3n) is 2.98. The van der Waals surface area contributed by atoms with Gasteiger partial charge in [0, 0.05) is 5.56 Å². The molecule has 0 aromatic heterocycles. The molecule has 1 unspecified atom stereocenters. The number of halogens is 1. The number of aliphatic hydroxyl groups excluding tert-OH is 1. The van der Waals surface area contributed by atoms with Crippen LogP contribution in [0.1, 0.15) is 17.2 Å². The maximum atomic E-state index is 13.4. The highest BCUT2D eigenvalue weighted by molar-refractivity contribution is 5.38. The number of ether oxygens (including phenoxy) is 2. The maximum absolute atomic E-state index is 13.4. The molecule has 0 amide bonds. The Morgan fingerprint density at radius 2 is 1.90 bits per heavy atom. The highest BCUT2D eigenvalue weighted by atomic mass is 19.1. The second kappa shape index (κ2) is 6.39. The van der Waals surface area contributed by atoms with Gasteiger partial charge in [0.25, 0.3) is 0 Å². The largest absolute Gasteiger partial charge is 0.496 e. The maximum Gasteiger partial charge on any atom is 0.165 e. The molecule has 2 aromatic rings. The number of hydrogen-bond donors (Lipinski definition) is 1. The van der Waals surface area contributed by atoms with E-state index in [1.54, 1.807) is 25.3 Å². The predicted octanol–water partition coefficient (Wildman–Crippen LogP) is 3.26. The van der Waals surface area contributed by atoms with Gasteiger partial charge in [0.2, 0.25) is 0 Å². The predicted molar refractivity (Wildman–Crippen MR) is 74.6 cm³/mol. The monoisotopic (exact) mass is 276 g/mol. The fourth-order valence-corrected chi connectivity index (χ4v) is 1.93. The van der Waals surface area contributed by atoms with Gasteiger partial charge in [-0.25, -0.2) is 4.39 Å². The number of aryl methyl sites for hydroxylation is 1. The summed E-state index contributed by atoms with van der Waals surface area (Å²) < 4.78 is 23.9. The van der Waals surface area contributed by atoms with Gasteiger partial charge in [-0.1, -0.05) is 23.8 Å². The normalized spacial score (nSPS) is 12.0. The van der Waals surface area contributed by atoms with Crippen LogP contribution in [0.3, 0.4) is 0 Å². The lowest BCUT2D eigenvalue weighted by Gasteiger charge is -2.16. The summed E-state index contributed by atoms with van der Waals surface area (Å²) in [5.74, 6) is 0.259. The van der Waals surface area contributed by atoms with Crippen molar-refractivity contribution in [2.75, 3.05) is 13.7 Å². The SMILES string of the molecule is COc1ccc(C)cc1C(O)COc1ccccc1F. The third-order valence-corrected chi connectivity index (χ3v) is 2.98. The highest BCUT2D eigenvalue weighted by Crippen LogP contribution is 2.27. The van der Waals surface area contributed by atoms with Crippen LogP contribution in [0, 0.1) is 12.7 Å². The molecule has 3 nitrogen and oxygen atoms in total. The van der Waals surface area contributed by atoms with E-state index in [-0.39, 0.29) is 12.4 Å². The average Bonchev–Trinajstić information content (AvgIpc) is 2.46. The second-order valence-electron chi connectivity index (χ2n) is 4.50. The Morgan fingerprint density at radius 1 is 1.15 bits per heavy atom. The van der Waals surface area contributed by atoms with Crippen LogP contribution in [0.4, 0.5) is 4.39 Å². The molecule has 0 aliphatic carbocycles. The number of para-hydroxylation sites is 1. The van der Waals surface area contributed by atoms with E-state index in [0.29, 0.717) is 11.3 Å². The van der Waals surface area contributed by atoms with Gasteiger partial charge in [-0.3, -0.25) is 0 Å². The zero-order valence-electron chi connectivity index (χ0n) is 11.5. The van der Waals surface area contributed by atoms with Crippen molar-refractivity contribution in [2.45, 2.75) is 13.0 Å². The highest BCUT2D eigenvalue weighted by Gasteiger charge is 2.15. The molecular weight excluding hydrogens is 259 g/mol. The minimum Gasteiger partial charge on any atom is -0.496 e. The molecule has 2 aromatic carbocycles. The first-order valence-electron chi connectivity index (χ1n) is 6.31. The molecule has 20 heavy (non-hydrogen) atoms. The summed E-state index contributed by atoms with van der Waals surface area (Å²) in [4.78, 5) is 0. The number of hydrogen-bond acceptors (Lipinski definition) is 3. The van der Waals surface area contributed by atoms with Gasteiger partial charge in [0.1, 0.15) is 18.5 Å². The summed E-state index contributed by atoms with van der Waals surface area (Å²) in [7, 11) is 1.54. The topological polar surface area (TPSA) is 38.7 Å². The molecule has 0 bridgehead atoms. The van der Waals surface area contributed by atoms with Crippen molar-refractivity contribution in [1.29, 1.82) is 0 Å². The summed E-state index contributed by atoms with van der Waals surface area (Å²) in [6.45, 7) is 1.88. The Kier molecular flexibility index (Phi) is 4.58. The first-order valence-corrected chi connectivity index (χ1v) is 6.31. The van der Waals surface area contributed by atoms with E-state index in [0.717, 1.165) is 5.56 Å². The summed E-state index contributed by atoms with van der Waals surface area (Å²) in [6.07, 6.45) is -0.885. The Hall–Kier alpha value is -2.07. The molecule has 2 rings (SSSR count). The van der Waals surface area contributed by atoms with Crippen molar-refractivity contribution in [1.82, 2.24) is 0 Å². The second-order valence-corrected chi connectivity index (χ2v) is 4.50. The van der Waals surface area contributed by atoms with Gasteiger partial charge < -0.3 is 14.6 Å². The van der Waals surface area contributed by atoms with Crippen LogP contribution in [-0.4, -0.2) is 18.8 Å². The quantitative estimate of drug-likeness (QED) is 0.911.